The Labute approximate surface area is 82.7 Å². The van der Waals surface area contributed by atoms with Gasteiger partial charge in [0.25, 0.3) is 0 Å². The molecule has 0 bridgehead atoms. The Morgan fingerprint density at radius 2 is 2.07 bits per heavy atom. The van der Waals surface area contributed by atoms with E-state index in [1.54, 1.807) is 0 Å². The Morgan fingerprint density at radius 1 is 1.43 bits per heavy atom. The van der Waals surface area contributed by atoms with Crippen LogP contribution >= 0.6 is 0 Å². The topological polar surface area (TPSA) is 109 Å². The van der Waals surface area contributed by atoms with Crippen LogP contribution in [0.15, 0.2) is 0 Å². The molecule has 2 unspecified atom stereocenters. The zero-order valence-corrected chi connectivity index (χ0v) is 8.46. The SMILES string of the molecule is NC(=O)C1CCCC(NS(=O)(=O)O)C1. The number of rotatable bonds is 3. The highest BCUT2D eigenvalue weighted by Gasteiger charge is 2.27. The summed E-state index contributed by atoms with van der Waals surface area (Å²) in [6, 6.07) is -0.378. The highest BCUT2D eigenvalue weighted by Crippen LogP contribution is 2.24. The summed E-state index contributed by atoms with van der Waals surface area (Å²) in [7, 11) is -4.17. The second kappa shape index (κ2) is 4.24. The van der Waals surface area contributed by atoms with E-state index >= 15 is 0 Å². The number of primary amides is 1. The van der Waals surface area contributed by atoms with Gasteiger partial charge in [-0.25, -0.2) is 0 Å². The summed E-state index contributed by atoms with van der Waals surface area (Å²) in [5.41, 5.74) is 5.11. The molecule has 0 aromatic carbocycles. The van der Waals surface area contributed by atoms with Gasteiger partial charge in [-0.3, -0.25) is 9.35 Å². The molecular formula is C7H14N2O4S. The number of amides is 1. The van der Waals surface area contributed by atoms with Crippen molar-refractivity contribution in [1.82, 2.24) is 4.72 Å². The van der Waals surface area contributed by atoms with Crippen LogP contribution in [-0.4, -0.2) is 24.9 Å². The first-order chi connectivity index (χ1) is 6.38. The van der Waals surface area contributed by atoms with E-state index in [0.29, 0.717) is 19.3 Å². The zero-order chi connectivity index (χ0) is 10.8. The van der Waals surface area contributed by atoms with E-state index in [0.717, 1.165) is 6.42 Å². The summed E-state index contributed by atoms with van der Waals surface area (Å²) in [4.78, 5) is 10.8. The van der Waals surface area contributed by atoms with Gasteiger partial charge < -0.3 is 5.73 Å². The first kappa shape index (κ1) is 11.4. The van der Waals surface area contributed by atoms with E-state index in [-0.39, 0.29) is 12.0 Å². The van der Waals surface area contributed by atoms with Crippen LogP contribution in [0.1, 0.15) is 25.7 Å². The van der Waals surface area contributed by atoms with E-state index in [1.165, 1.54) is 0 Å². The molecule has 1 aliphatic rings. The van der Waals surface area contributed by atoms with Crippen molar-refractivity contribution in [2.45, 2.75) is 31.7 Å². The third kappa shape index (κ3) is 3.60. The molecule has 14 heavy (non-hydrogen) atoms. The summed E-state index contributed by atoms with van der Waals surface area (Å²) in [6.07, 6.45) is 2.43. The number of carbonyl (C=O) groups is 1. The Hall–Kier alpha value is -0.660. The minimum atomic E-state index is -4.17. The number of carbonyl (C=O) groups excluding carboxylic acids is 1. The van der Waals surface area contributed by atoms with Gasteiger partial charge in [0.1, 0.15) is 0 Å². The summed E-state index contributed by atoms with van der Waals surface area (Å²) in [5, 5.41) is 0. The van der Waals surface area contributed by atoms with Crippen molar-refractivity contribution >= 4 is 16.2 Å². The Bertz CT molecular complexity index is 314. The number of hydrogen-bond donors (Lipinski definition) is 3. The van der Waals surface area contributed by atoms with Crippen LogP contribution in [0.4, 0.5) is 0 Å². The standard InChI is InChI=1S/C7H14N2O4S/c8-7(10)5-2-1-3-6(4-5)9-14(11,12)13/h5-6,9H,1-4H2,(H2,8,10)(H,11,12,13). The fourth-order valence-electron chi connectivity index (χ4n) is 1.77. The van der Waals surface area contributed by atoms with Crippen LogP contribution in [0.5, 0.6) is 0 Å². The molecule has 1 amide bonds. The predicted molar refractivity (Wildman–Crippen MR) is 49.6 cm³/mol. The van der Waals surface area contributed by atoms with Crippen molar-refractivity contribution in [2.75, 3.05) is 0 Å². The van der Waals surface area contributed by atoms with Crippen LogP contribution in [0.25, 0.3) is 0 Å². The van der Waals surface area contributed by atoms with Gasteiger partial charge in [-0.05, 0) is 19.3 Å². The summed E-state index contributed by atoms with van der Waals surface area (Å²) < 4.78 is 31.6. The molecule has 1 aliphatic carbocycles. The van der Waals surface area contributed by atoms with Crippen molar-refractivity contribution in [3.63, 3.8) is 0 Å². The fraction of sp³-hybridized carbons (Fsp3) is 0.857. The maximum atomic E-state index is 10.8. The van der Waals surface area contributed by atoms with E-state index < -0.39 is 16.2 Å². The van der Waals surface area contributed by atoms with E-state index in [4.69, 9.17) is 10.3 Å². The van der Waals surface area contributed by atoms with Crippen molar-refractivity contribution in [1.29, 1.82) is 0 Å². The number of nitrogens with one attached hydrogen (secondary N) is 1. The average Bonchev–Trinajstić information content (AvgIpc) is 2.01. The average molecular weight is 222 g/mol. The first-order valence-electron chi connectivity index (χ1n) is 4.42. The van der Waals surface area contributed by atoms with Gasteiger partial charge in [0, 0.05) is 12.0 Å². The second-order valence-electron chi connectivity index (χ2n) is 3.56. The lowest BCUT2D eigenvalue weighted by Gasteiger charge is -2.26. The smallest absolute Gasteiger partial charge is 0.333 e. The van der Waals surface area contributed by atoms with E-state index in [1.807, 2.05) is 0 Å². The summed E-state index contributed by atoms with van der Waals surface area (Å²) in [6.45, 7) is 0. The van der Waals surface area contributed by atoms with Crippen molar-refractivity contribution < 1.29 is 17.8 Å². The molecule has 7 heteroatoms. The van der Waals surface area contributed by atoms with Crippen LogP contribution in [0.3, 0.4) is 0 Å². The van der Waals surface area contributed by atoms with Crippen molar-refractivity contribution in [3.8, 4) is 0 Å². The Morgan fingerprint density at radius 3 is 2.57 bits per heavy atom. The summed E-state index contributed by atoms with van der Waals surface area (Å²) >= 11 is 0. The largest absolute Gasteiger partial charge is 0.369 e. The molecule has 1 fully saturated rings. The molecule has 2 atom stereocenters. The minimum Gasteiger partial charge on any atom is -0.369 e. The second-order valence-corrected chi connectivity index (χ2v) is 4.74. The van der Waals surface area contributed by atoms with Gasteiger partial charge in [-0.15, -0.1) is 0 Å². The molecule has 0 heterocycles. The molecule has 0 aromatic rings. The van der Waals surface area contributed by atoms with Crippen molar-refractivity contribution in [2.24, 2.45) is 11.7 Å². The quantitative estimate of drug-likeness (QED) is 0.555. The third-order valence-electron chi connectivity index (χ3n) is 2.39. The molecule has 1 saturated carbocycles. The minimum absolute atomic E-state index is 0.289. The van der Waals surface area contributed by atoms with Gasteiger partial charge in [0.15, 0.2) is 0 Å². The fourth-order valence-corrected chi connectivity index (χ4v) is 2.40. The summed E-state index contributed by atoms with van der Waals surface area (Å²) in [5.74, 6) is -0.699. The van der Waals surface area contributed by atoms with Gasteiger partial charge in [-0.1, -0.05) is 6.42 Å². The molecule has 6 nitrogen and oxygen atoms in total. The highest BCUT2D eigenvalue weighted by atomic mass is 32.2. The Balaban J connectivity index is 2.52. The van der Waals surface area contributed by atoms with Crippen LogP contribution < -0.4 is 10.5 Å². The predicted octanol–water partition coefficient (Wildman–Crippen LogP) is -0.577. The molecular weight excluding hydrogens is 208 g/mol. The maximum absolute atomic E-state index is 10.8. The monoisotopic (exact) mass is 222 g/mol. The van der Waals surface area contributed by atoms with Crippen LogP contribution in [-0.2, 0) is 15.1 Å². The molecule has 0 spiro atoms. The van der Waals surface area contributed by atoms with Gasteiger partial charge in [0.2, 0.25) is 5.91 Å². The zero-order valence-electron chi connectivity index (χ0n) is 7.64. The third-order valence-corrected chi connectivity index (χ3v) is 3.02. The number of nitrogens with two attached hydrogens (primary N) is 1. The molecule has 82 valence electrons. The lowest BCUT2D eigenvalue weighted by molar-refractivity contribution is -0.122. The highest BCUT2D eigenvalue weighted by molar-refractivity contribution is 7.83. The van der Waals surface area contributed by atoms with Gasteiger partial charge in [0.05, 0.1) is 0 Å². The Kier molecular flexibility index (Phi) is 3.46. The number of hydrogen-bond acceptors (Lipinski definition) is 3. The van der Waals surface area contributed by atoms with Gasteiger partial charge >= 0.3 is 10.3 Å². The van der Waals surface area contributed by atoms with E-state index in [9.17, 15) is 13.2 Å². The molecule has 0 radical (unpaired) electrons. The molecule has 0 saturated heterocycles. The molecule has 1 rings (SSSR count). The van der Waals surface area contributed by atoms with E-state index in [2.05, 4.69) is 4.72 Å². The maximum Gasteiger partial charge on any atom is 0.333 e. The van der Waals surface area contributed by atoms with Crippen LogP contribution in [0.2, 0.25) is 0 Å². The molecule has 4 N–H and O–H groups in total. The first-order valence-corrected chi connectivity index (χ1v) is 5.86. The van der Waals surface area contributed by atoms with Crippen LogP contribution in [0, 0.1) is 5.92 Å². The van der Waals surface area contributed by atoms with Crippen molar-refractivity contribution in [3.05, 3.63) is 0 Å². The normalized spacial score (nSPS) is 28.6. The lowest BCUT2D eigenvalue weighted by Crippen LogP contribution is -2.40. The molecule has 0 aromatic heterocycles. The lowest BCUT2D eigenvalue weighted by atomic mass is 9.86. The van der Waals surface area contributed by atoms with Gasteiger partial charge in [-0.2, -0.15) is 13.1 Å². The molecule has 0 aliphatic heterocycles.